The number of pyridine rings is 1. The summed E-state index contributed by atoms with van der Waals surface area (Å²) in [6, 6.07) is 4.07. The van der Waals surface area contributed by atoms with E-state index in [1.807, 2.05) is 0 Å². The van der Waals surface area contributed by atoms with E-state index in [0.29, 0.717) is 0 Å². The Labute approximate surface area is 83.4 Å². The van der Waals surface area contributed by atoms with Crippen LogP contribution in [0.1, 0.15) is 23.2 Å². The molecule has 1 N–H and O–H groups in total. The van der Waals surface area contributed by atoms with Gasteiger partial charge in [-0.1, -0.05) is 0 Å². The molecular weight excluding hydrogens is 204 g/mol. The first-order valence-corrected chi connectivity index (χ1v) is 3.91. The van der Waals surface area contributed by atoms with Crippen LogP contribution in [-0.2, 0) is 6.42 Å². The van der Waals surface area contributed by atoms with Crippen LogP contribution in [0.5, 0.6) is 0 Å². The molecule has 0 aliphatic rings. The van der Waals surface area contributed by atoms with Gasteiger partial charge in [0.05, 0.1) is 12.5 Å². The lowest BCUT2D eigenvalue weighted by molar-refractivity contribution is 0.150. The van der Waals surface area contributed by atoms with E-state index in [1.165, 1.54) is 0 Å². The summed E-state index contributed by atoms with van der Waals surface area (Å²) in [5.74, 6) is 0. The third-order valence-electron chi connectivity index (χ3n) is 1.78. The predicted molar refractivity (Wildman–Crippen MR) is 46.1 cm³/mol. The van der Waals surface area contributed by atoms with Gasteiger partial charge in [-0.05, 0) is 6.07 Å². The highest BCUT2D eigenvalue weighted by molar-refractivity contribution is 5.34. The summed E-state index contributed by atoms with van der Waals surface area (Å²) in [6.07, 6.45) is -3.27. The van der Waals surface area contributed by atoms with Crippen molar-refractivity contribution < 1.29 is 8.78 Å². The lowest BCUT2D eigenvalue weighted by Gasteiger charge is -2.04. The van der Waals surface area contributed by atoms with Crippen molar-refractivity contribution in [1.29, 1.82) is 10.5 Å². The van der Waals surface area contributed by atoms with Crippen molar-refractivity contribution in [3.05, 3.63) is 33.2 Å². The fourth-order valence-corrected chi connectivity index (χ4v) is 1.12. The minimum atomic E-state index is -2.87. The third-order valence-corrected chi connectivity index (χ3v) is 1.78. The van der Waals surface area contributed by atoms with Gasteiger partial charge >= 0.3 is 0 Å². The minimum Gasteiger partial charge on any atom is -0.313 e. The van der Waals surface area contributed by atoms with Crippen molar-refractivity contribution in [2.24, 2.45) is 0 Å². The maximum Gasteiger partial charge on any atom is 0.264 e. The molecule has 0 aliphatic carbocycles. The average molecular weight is 209 g/mol. The Morgan fingerprint density at radius 2 is 2.13 bits per heavy atom. The lowest BCUT2D eigenvalue weighted by Crippen LogP contribution is -2.17. The maximum atomic E-state index is 12.5. The van der Waals surface area contributed by atoms with Crippen molar-refractivity contribution in [1.82, 2.24) is 4.98 Å². The number of aromatic nitrogens is 1. The van der Waals surface area contributed by atoms with Gasteiger partial charge in [0.1, 0.15) is 11.8 Å². The van der Waals surface area contributed by atoms with Gasteiger partial charge in [0.2, 0.25) is 0 Å². The van der Waals surface area contributed by atoms with Gasteiger partial charge in [0.15, 0.2) is 0 Å². The van der Waals surface area contributed by atoms with Crippen LogP contribution < -0.4 is 5.56 Å². The number of halogens is 2. The van der Waals surface area contributed by atoms with Crippen molar-refractivity contribution >= 4 is 0 Å². The van der Waals surface area contributed by atoms with E-state index < -0.39 is 24.0 Å². The Kier molecular flexibility index (Phi) is 3.14. The van der Waals surface area contributed by atoms with Gasteiger partial charge in [-0.2, -0.15) is 10.5 Å². The summed E-state index contributed by atoms with van der Waals surface area (Å²) in [4.78, 5) is 13.3. The molecule has 0 spiro atoms. The van der Waals surface area contributed by atoms with Crippen molar-refractivity contribution in [3.8, 4) is 12.1 Å². The molecule has 0 aromatic carbocycles. The molecule has 0 fully saturated rings. The molecule has 0 aliphatic heterocycles. The molecule has 0 saturated heterocycles. The summed E-state index contributed by atoms with van der Waals surface area (Å²) in [7, 11) is 0. The summed E-state index contributed by atoms with van der Waals surface area (Å²) >= 11 is 0. The first-order valence-electron chi connectivity index (χ1n) is 3.91. The lowest BCUT2D eigenvalue weighted by atomic mass is 10.1. The van der Waals surface area contributed by atoms with E-state index in [0.717, 1.165) is 6.07 Å². The van der Waals surface area contributed by atoms with Crippen molar-refractivity contribution in [2.75, 3.05) is 0 Å². The number of H-pyrrole nitrogens is 1. The Bertz CT molecular complexity index is 508. The van der Waals surface area contributed by atoms with E-state index in [4.69, 9.17) is 10.5 Å². The van der Waals surface area contributed by atoms with Gasteiger partial charge in [-0.25, -0.2) is 8.78 Å². The van der Waals surface area contributed by atoms with Gasteiger partial charge in [0, 0.05) is 11.1 Å². The molecule has 15 heavy (non-hydrogen) atoms. The molecule has 4 nitrogen and oxygen atoms in total. The SMILES string of the molecule is N#CCc1c(C(F)F)cc(C#N)[nH]c1=O. The number of hydrogen-bond donors (Lipinski definition) is 1. The molecule has 1 heterocycles. The van der Waals surface area contributed by atoms with Crippen molar-refractivity contribution in [2.45, 2.75) is 12.8 Å². The normalized spacial score (nSPS) is 9.67. The largest absolute Gasteiger partial charge is 0.313 e. The van der Waals surface area contributed by atoms with Gasteiger partial charge in [-0.15, -0.1) is 0 Å². The number of nitriles is 2. The van der Waals surface area contributed by atoms with E-state index in [-0.39, 0.29) is 11.3 Å². The second-order valence-electron chi connectivity index (χ2n) is 2.69. The summed E-state index contributed by atoms with van der Waals surface area (Å²) in [6.45, 7) is 0. The zero-order valence-electron chi connectivity index (χ0n) is 7.42. The standard InChI is InChI=1S/C9H5F2N3O/c10-8(11)7-3-5(4-13)14-9(15)6(7)1-2-12/h3,8H,1H2,(H,14,15). The summed E-state index contributed by atoms with van der Waals surface area (Å²) in [5, 5.41) is 16.8. The molecule has 0 atom stereocenters. The summed E-state index contributed by atoms with van der Waals surface area (Å²) < 4.78 is 25.0. The first kappa shape index (κ1) is 10.9. The van der Waals surface area contributed by atoms with E-state index in [2.05, 4.69) is 4.98 Å². The van der Waals surface area contributed by atoms with E-state index >= 15 is 0 Å². The second kappa shape index (κ2) is 4.34. The second-order valence-corrected chi connectivity index (χ2v) is 2.69. The van der Waals surface area contributed by atoms with Crippen LogP contribution in [0.4, 0.5) is 8.78 Å². The zero-order valence-corrected chi connectivity index (χ0v) is 7.42. The molecular formula is C9H5F2N3O. The molecule has 6 heteroatoms. The zero-order chi connectivity index (χ0) is 11.4. The number of alkyl halides is 2. The van der Waals surface area contributed by atoms with E-state index in [1.54, 1.807) is 12.1 Å². The third kappa shape index (κ3) is 2.18. The van der Waals surface area contributed by atoms with Crippen LogP contribution >= 0.6 is 0 Å². The Hall–Kier alpha value is -2.21. The molecule has 1 aromatic heterocycles. The minimum absolute atomic E-state index is 0.239. The smallest absolute Gasteiger partial charge is 0.264 e. The van der Waals surface area contributed by atoms with Gasteiger partial charge < -0.3 is 4.98 Å². The molecule has 0 radical (unpaired) electrons. The first-order chi connectivity index (χ1) is 7.10. The van der Waals surface area contributed by atoms with Crippen LogP contribution in [0.3, 0.4) is 0 Å². The molecule has 0 amide bonds. The molecule has 0 bridgehead atoms. The highest BCUT2D eigenvalue weighted by Gasteiger charge is 2.17. The highest BCUT2D eigenvalue weighted by Crippen LogP contribution is 2.21. The number of nitrogens with one attached hydrogen (secondary N) is 1. The van der Waals surface area contributed by atoms with Crippen LogP contribution in [0.2, 0.25) is 0 Å². The molecule has 1 rings (SSSR count). The van der Waals surface area contributed by atoms with E-state index in [9.17, 15) is 13.6 Å². The average Bonchev–Trinajstić information content (AvgIpc) is 2.20. The highest BCUT2D eigenvalue weighted by atomic mass is 19.3. The molecule has 76 valence electrons. The molecule has 0 unspecified atom stereocenters. The van der Waals surface area contributed by atoms with Crippen molar-refractivity contribution in [3.63, 3.8) is 0 Å². The number of nitrogens with zero attached hydrogens (tertiary/aromatic N) is 2. The van der Waals surface area contributed by atoms with Gasteiger partial charge in [-0.3, -0.25) is 4.79 Å². The van der Waals surface area contributed by atoms with Crippen LogP contribution in [0.15, 0.2) is 10.9 Å². The van der Waals surface area contributed by atoms with Crippen LogP contribution in [-0.4, -0.2) is 4.98 Å². The maximum absolute atomic E-state index is 12.5. The van der Waals surface area contributed by atoms with Crippen LogP contribution in [0, 0.1) is 22.7 Å². The fraction of sp³-hybridized carbons (Fsp3) is 0.222. The topological polar surface area (TPSA) is 80.4 Å². The number of aromatic amines is 1. The molecule has 0 saturated carbocycles. The summed E-state index contributed by atoms with van der Waals surface area (Å²) in [5.41, 5.74) is -1.90. The number of rotatable bonds is 2. The Balaban J connectivity index is 3.46. The molecule has 1 aromatic rings. The fourth-order valence-electron chi connectivity index (χ4n) is 1.12. The van der Waals surface area contributed by atoms with Gasteiger partial charge in [0.25, 0.3) is 12.0 Å². The Morgan fingerprint density at radius 1 is 1.47 bits per heavy atom. The quantitative estimate of drug-likeness (QED) is 0.795. The monoisotopic (exact) mass is 209 g/mol. The Morgan fingerprint density at radius 3 is 2.60 bits per heavy atom. The van der Waals surface area contributed by atoms with Crippen LogP contribution in [0.25, 0.3) is 0 Å². The predicted octanol–water partition coefficient (Wildman–Crippen LogP) is 1.25. The number of hydrogen-bond acceptors (Lipinski definition) is 3.